The Balaban J connectivity index is 2.41. The van der Waals surface area contributed by atoms with Gasteiger partial charge in [-0.15, -0.1) is 0 Å². The lowest BCUT2D eigenvalue weighted by atomic mass is 10.3. The molecule has 0 fully saturated rings. The van der Waals surface area contributed by atoms with Gasteiger partial charge in [0.25, 0.3) is 0 Å². The van der Waals surface area contributed by atoms with Gasteiger partial charge in [0.1, 0.15) is 4.90 Å². The van der Waals surface area contributed by atoms with E-state index in [1.165, 1.54) is 6.20 Å². The first kappa shape index (κ1) is 13.9. The number of nitrogens with one attached hydrogen (secondary N) is 1. The van der Waals surface area contributed by atoms with Crippen LogP contribution in [0.2, 0.25) is 0 Å². The first-order chi connectivity index (χ1) is 7.67. The minimum absolute atomic E-state index is 0.226. The molecule has 0 aliphatic heterocycles. The molecule has 0 saturated carbocycles. The number of unbranched alkanes of at least 4 members (excludes halogenated alkanes) is 2. The Morgan fingerprint density at radius 3 is 2.75 bits per heavy atom. The smallest absolute Gasteiger partial charge is 0.242 e. The molecule has 1 heterocycles. The van der Waals surface area contributed by atoms with Crippen LogP contribution in [0.4, 0.5) is 0 Å². The molecule has 0 aromatic carbocycles. The number of sulfonamides is 1. The lowest BCUT2D eigenvalue weighted by Crippen LogP contribution is -2.24. The van der Waals surface area contributed by atoms with E-state index in [2.05, 4.69) is 32.3 Å². The summed E-state index contributed by atoms with van der Waals surface area (Å²) < 4.78 is 27.1. The maximum Gasteiger partial charge on any atom is 0.242 e. The summed E-state index contributed by atoms with van der Waals surface area (Å²) in [6.07, 6.45) is 5.97. The van der Waals surface area contributed by atoms with Crippen molar-refractivity contribution < 1.29 is 8.42 Å². The summed E-state index contributed by atoms with van der Waals surface area (Å²) in [5.41, 5.74) is 0. The zero-order valence-electron chi connectivity index (χ0n) is 8.89. The standard InChI is InChI=1S/C10H15IN2O2S/c11-6-2-1-3-8-13-16(14,15)10-5-4-7-12-9-10/h4-5,7,9,13H,1-3,6,8H2. The summed E-state index contributed by atoms with van der Waals surface area (Å²) in [5, 5.41) is 0. The van der Waals surface area contributed by atoms with Crippen LogP contribution in [-0.4, -0.2) is 24.4 Å². The monoisotopic (exact) mass is 354 g/mol. The normalized spacial score (nSPS) is 11.6. The maximum atomic E-state index is 11.7. The summed E-state index contributed by atoms with van der Waals surface area (Å²) in [6, 6.07) is 3.16. The average molecular weight is 354 g/mol. The van der Waals surface area contributed by atoms with E-state index in [1.54, 1.807) is 18.3 Å². The van der Waals surface area contributed by atoms with Crippen LogP contribution in [0.25, 0.3) is 0 Å². The number of aromatic nitrogens is 1. The molecule has 1 rings (SSSR count). The molecule has 0 aliphatic rings. The zero-order chi connectivity index (χ0) is 11.9. The summed E-state index contributed by atoms with van der Waals surface area (Å²) in [4.78, 5) is 4.01. The molecular weight excluding hydrogens is 339 g/mol. The average Bonchev–Trinajstić information content (AvgIpc) is 2.30. The SMILES string of the molecule is O=S(=O)(NCCCCCI)c1cccnc1. The first-order valence-corrected chi connectivity index (χ1v) is 8.13. The molecule has 16 heavy (non-hydrogen) atoms. The summed E-state index contributed by atoms with van der Waals surface area (Å²) in [5.74, 6) is 0. The van der Waals surface area contributed by atoms with Gasteiger partial charge in [-0.25, -0.2) is 13.1 Å². The van der Waals surface area contributed by atoms with E-state index >= 15 is 0 Å². The van der Waals surface area contributed by atoms with E-state index in [-0.39, 0.29) is 4.90 Å². The van der Waals surface area contributed by atoms with Gasteiger partial charge in [-0.1, -0.05) is 29.0 Å². The highest BCUT2D eigenvalue weighted by Crippen LogP contribution is 2.05. The third kappa shape index (κ3) is 4.75. The fourth-order valence-electron chi connectivity index (χ4n) is 1.19. The van der Waals surface area contributed by atoms with Crippen LogP contribution in [0.1, 0.15) is 19.3 Å². The van der Waals surface area contributed by atoms with Crippen molar-refractivity contribution >= 4 is 32.6 Å². The molecule has 0 atom stereocenters. The van der Waals surface area contributed by atoms with Gasteiger partial charge in [0, 0.05) is 18.9 Å². The predicted molar refractivity (Wildman–Crippen MR) is 72.2 cm³/mol. The minimum atomic E-state index is -3.36. The van der Waals surface area contributed by atoms with Crippen molar-refractivity contribution in [1.82, 2.24) is 9.71 Å². The second-order valence-corrected chi connectivity index (χ2v) is 6.18. The maximum absolute atomic E-state index is 11.7. The Morgan fingerprint density at radius 1 is 1.31 bits per heavy atom. The van der Waals surface area contributed by atoms with Crippen molar-refractivity contribution in [3.63, 3.8) is 0 Å². The van der Waals surface area contributed by atoms with Gasteiger partial charge in [0.2, 0.25) is 10.0 Å². The van der Waals surface area contributed by atoms with Crippen molar-refractivity contribution in [3.8, 4) is 0 Å². The number of hydrogen-bond donors (Lipinski definition) is 1. The van der Waals surface area contributed by atoms with Crippen LogP contribution in [0.5, 0.6) is 0 Å². The molecule has 1 N–H and O–H groups in total. The number of nitrogens with zero attached hydrogens (tertiary/aromatic N) is 1. The Bertz CT molecular complexity index is 395. The highest BCUT2D eigenvalue weighted by Gasteiger charge is 2.12. The van der Waals surface area contributed by atoms with Crippen molar-refractivity contribution in [2.24, 2.45) is 0 Å². The molecule has 0 aliphatic carbocycles. The largest absolute Gasteiger partial charge is 0.263 e. The molecule has 0 radical (unpaired) electrons. The van der Waals surface area contributed by atoms with Crippen LogP contribution in [0.3, 0.4) is 0 Å². The quantitative estimate of drug-likeness (QED) is 0.463. The van der Waals surface area contributed by atoms with Gasteiger partial charge < -0.3 is 0 Å². The Labute approximate surface area is 110 Å². The summed E-state index contributed by atoms with van der Waals surface area (Å²) in [6.45, 7) is 0.494. The van der Waals surface area contributed by atoms with Gasteiger partial charge in [-0.3, -0.25) is 4.98 Å². The molecule has 1 aromatic rings. The van der Waals surface area contributed by atoms with E-state index < -0.39 is 10.0 Å². The predicted octanol–water partition coefficient (Wildman–Crippen LogP) is 1.97. The van der Waals surface area contributed by atoms with Crippen molar-refractivity contribution in [2.75, 3.05) is 11.0 Å². The van der Waals surface area contributed by atoms with Gasteiger partial charge in [0.15, 0.2) is 0 Å². The number of alkyl halides is 1. The number of rotatable bonds is 7. The van der Waals surface area contributed by atoms with Crippen molar-refractivity contribution in [1.29, 1.82) is 0 Å². The van der Waals surface area contributed by atoms with Crippen molar-refractivity contribution in [2.45, 2.75) is 24.2 Å². The van der Waals surface area contributed by atoms with Gasteiger partial charge in [-0.2, -0.15) is 0 Å². The topological polar surface area (TPSA) is 59.1 Å². The molecular formula is C10H15IN2O2S. The fourth-order valence-corrected chi connectivity index (χ4v) is 2.77. The molecule has 4 nitrogen and oxygen atoms in total. The Kier molecular flexibility index (Phi) is 6.22. The molecule has 0 saturated heterocycles. The van der Waals surface area contributed by atoms with Crippen LogP contribution < -0.4 is 4.72 Å². The van der Waals surface area contributed by atoms with Gasteiger partial charge in [0.05, 0.1) is 0 Å². The van der Waals surface area contributed by atoms with Gasteiger partial charge in [-0.05, 0) is 29.4 Å². The Morgan fingerprint density at radius 2 is 2.12 bits per heavy atom. The molecule has 1 aromatic heterocycles. The van der Waals surface area contributed by atoms with Crippen LogP contribution in [-0.2, 0) is 10.0 Å². The highest BCUT2D eigenvalue weighted by atomic mass is 127. The molecule has 0 unspecified atom stereocenters. The van der Waals surface area contributed by atoms with E-state index in [0.717, 1.165) is 23.7 Å². The van der Waals surface area contributed by atoms with Crippen LogP contribution in [0, 0.1) is 0 Å². The molecule has 90 valence electrons. The molecule has 0 amide bonds. The summed E-state index contributed by atoms with van der Waals surface area (Å²) in [7, 11) is -3.36. The molecule has 0 bridgehead atoms. The lowest BCUT2D eigenvalue weighted by molar-refractivity contribution is 0.576. The van der Waals surface area contributed by atoms with Crippen molar-refractivity contribution in [3.05, 3.63) is 24.5 Å². The third-order valence-electron chi connectivity index (χ3n) is 2.05. The second-order valence-electron chi connectivity index (χ2n) is 3.34. The van der Waals surface area contributed by atoms with E-state index in [9.17, 15) is 8.42 Å². The lowest BCUT2D eigenvalue weighted by Gasteiger charge is -2.05. The highest BCUT2D eigenvalue weighted by molar-refractivity contribution is 14.1. The van der Waals surface area contributed by atoms with Crippen LogP contribution in [0.15, 0.2) is 29.4 Å². The minimum Gasteiger partial charge on any atom is -0.263 e. The van der Waals surface area contributed by atoms with Gasteiger partial charge >= 0.3 is 0 Å². The zero-order valence-corrected chi connectivity index (χ0v) is 11.9. The third-order valence-corrected chi connectivity index (χ3v) is 4.26. The first-order valence-electron chi connectivity index (χ1n) is 5.12. The van der Waals surface area contributed by atoms with E-state index in [1.807, 2.05) is 0 Å². The molecule has 0 spiro atoms. The number of pyridine rings is 1. The summed E-state index contributed by atoms with van der Waals surface area (Å²) >= 11 is 2.32. The Hall–Kier alpha value is -0.210. The molecule has 6 heteroatoms. The van der Waals surface area contributed by atoms with E-state index in [0.29, 0.717) is 6.54 Å². The second kappa shape index (κ2) is 7.18. The van der Waals surface area contributed by atoms with E-state index in [4.69, 9.17) is 0 Å². The van der Waals surface area contributed by atoms with Crippen LogP contribution >= 0.6 is 22.6 Å². The number of halogens is 1. The number of hydrogen-bond acceptors (Lipinski definition) is 3. The fraction of sp³-hybridized carbons (Fsp3) is 0.500.